The molecule has 0 atom stereocenters. The molecule has 0 saturated heterocycles. The van der Waals surface area contributed by atoms with Gasteiger partial charge < -0.3 is 5.32 Å². The van der Waals surface area contributed by atoms with Gasteiger partial charge in [0.1, 0.15) is 0 Å². The third kappa shape index (κ3) is 3.46. The number of anilines is 2. The summed E-state index contributed by atoms with van der Waals surface area (Å²) in [6.45, 7) is 0. The molecule has 30 heavy (non-hydrogen) atoms. The highest BCUT2D eigenvalue weighted by molar-refractivity contribution is 9.10. The Kier molecular flexibility index (Phi) is 4.88. The Morgan fingerprint density at radius 3 is 2.33 bits per heavy atom. The standard InChI is InChI=1S/C21H12BrN3O5/c22-13-5-7-14(8-6-13)23-19(26)12-4-9-17-18(10-12)21(28)24(20(17)27)15-2-1-3-16(11-15)25(29)30/h1-11H,(H,23,26). The van der Waals surface area contributed by atoms with Crippen LogP contribution in [0.15, 0.2) is 71.2 Å². The Morgan fingerprint density at radius 1 is 0.933 bits per heavy atom. The minimum Gasteiger partial charge on any atom is -0.322 e. The lowest BCUT2D eigenvalue weighted by molar-refractivity contribution is -0.384. The summed E-state index contributed by atoms with van der Waals surface area (Å²) in [5.41, 5.74) is 0.833. The number of non-ortho nitro benzene ring substituents is 1. The molecule has 4 rings (SSSR count). The monoisotopic (exact) mass is 465 g/mol. The number of imide groups is 1. The first kappa shape index (κ1) is 19.5. The van der Waals surface area contributed by atoms with E-state index in [1.165, 1.54) is 36.4 Å². The molecule has 148 valence electrons. The van der Waals surface area contributed by atoms with Crippen molar-refractivity contribution >= 4 is 50.7 Å². The highest BCUT2D eigenvalue weighted by atomic mass is 79.9. The number of carbonyl (C=O) groups excluding carboxylic acids is 3. The van der Waals surface area contributed by atoms with E-state index in [4.69, 9.17) is 0 Å². The fraction of sp³-hybridized carbons (Fsp3) is 0. The van der Waals surface area contributed by atoms with Crippen molar-refractivity contribution in [3.05, 3.63) is 98.0 Å². The molecule has 0 bridgehead atoms. The molecule has 9 heteroatoms. The normalized spacial score (nSPS) is 12.6. The minimum absolute atomic E-state index is 0.0648. The summed E-state index contributed by atoms with van der Waals surface area (Å²) in [6.07, 6.45) is 0. The Balaban J connectivity index is 1.63. The van der Waals surface area contributed by atoms with Crippen molar-refractivity contribution < 1.29 is 19.3 Å². The summed E-state index contributed by atoms with van der Waals surface area (Å²) < 4.78 is 0.864. The Hall–Kier alpha value is -3.85. The number of nitrogens with zero attached hydrogens (tertiary/aromatic N) is 2. The first-order valence-electron chi connectivity index (χ1n) is 8.69. The molecule has 1 heterocycles. The molecule has 0 aromatic heterocycles. The lowest BCUT2D eigenvalue weighted by atomic mass is 10.1. The second kappa shape index (κ2) is 7.53. The zero-order valence-corrected chi connectivity index (χ0v) is 16.8. The zero-order valence-electron chi connectivity index (χ0n) is 15.2. The van der Waals surface area contributed by atoms with Crippen LogP contribution in [0.3, 0.4) is 0 Å². The Bertz CT molecular complexity index is 1220. The number of fused-ring (bicyclic) bond motifs is 1. The van der Waals surface area contributed by atoms with Crippen molar-refractivity contribution in [2.45, 2.75) is 0 Å². The van der Waals surface area contributed by atoms with Gasteiger partial charge in [0.2, 0.25) is 0 Å². The summed E-state index contributed by atoms with van der Waals surface area (Å²) in [4.78, 5) is 49.4. The third-order valence-electron chi connectivity index (χ3n) is 4.55. The molecule has 0 unspecified atom stereocenters. The second-order valence-electron chi connectivity index (χ2n) is 6.44. The molecule has 1 aliphatic rings. The van der Waals surface area contributed by atoms with E-state index in [-0.39, 0.29) is 28.1 Å². The number of nitro benzene ring substituents is 1. The molecule has 3 aromatic rings. The smallest absolute Gasteiger partial charge is 0.271 e. The highest BCUT2D eigenvalue weighted by Crippen LogP contribution is 2.31. The number of hydrogen-bond donors (Lipinski definition) is 1. The van der Waals surface area contributed by atoms with Gasteiger partial charge >= 0.3 is 0 Å². The molecule has 0 aliphatic carbocycles. The highest BCUT2D eigenvalue weighted by Gasteiger charge is 2.37. The van der Waals surface area contributed by atoms with E-state index < -0.39 is 22.6 Å². The predicted octanol–water partition coefficient (Wildman–Crippen LogP) is 4.41. The SMILES string of the molecule is O=C(Nc1ccc(Br)cc1)c1ccc2c(c1)C(=O)N(c1cccc([N+](=O)[O-])c1)C2=O. The van der Waals surface area contributed by atoms with Crippen LogP contribution in [0.1, 0.15) is 31.1 Å². The number of halogens is 1. The van der Waals surface area contributed by atoms with Gasteiger partial charge in [-0.05, 0) is 48.5 Å². The lowest BCUT2D eigenvalue weighted by Crippen LogP contribution is -2.29. The van der Waals surface area contributed by atoms with Gasteiger partial charge in [0, 0.05) is 27.9 Å². The summed E-state index contributed by atoms with van der Waals surface area (Å²) in [6, 6.07) is 16.5. The third-order valence-corrected chi connectivity index (χ3v) is 5.08. The van der Waals surface area contributed by atoms with Crippen LogP contribution in [0.25, 0.3) is 0 Å². The number of nitrogens with one attached hydrogen (secondary N) is 1. The minimum atomic E-state index is -0.645. The molecular formula is C21H12BrN3O5. The van der Waals surface area contributed by atoms with Gasteiger partial charge in [0.05, 0.1) is 21.7 Å². The predicted molar refractivity (Wildman–Crippen MR) is 113 cm³/mol. The first-order valence-corrected chi connectivity index (χ1v) is 9.48. The quantitative estimate of drug-likeness (QED) is 0.348. The largest absolute Gasteiger partial charge is 0.322 e. The molecule has 0 saturated carbocycles. The summed E-state index contributed by atoms with van der Waals surface area (Å²) in [7, 11) is 0. The maximum Gasteiger partial charge on any atom is 0.271 e. The number of amides is 3. The maximum atomic E-state index is 12.9. The second-order valence-corrected chi connectivity index (χ2v) is 7.36. The van der Waals surface area contributed by atoms with Gasteiger partial charge in [-0.1, -0.05) is 22.0 Å². The van der Waals surface area contributed by atoms with E-state index >= 15 is 0 Å². The van der Waals surface area contributed by atoms with Crippen LogP contribution in [0.5, 0.6) is 0 Å². The fourth-order valence-electron chi connectivity index (χ4n) is 3.10. The van der Waals surface area contributed by atoms with Crippen molar-refractivity contribution in [1.82, 2.24) is 0 Å². The van der Waals surface area contributed by atoms with Crippen LogP contribution in [0.2, 0.25) is 0 Å². The Morgan fingerprint density at radius 2 is 1.63 bits per heavy atom. The van der Waals surface area contributed by atoms with Gasteiger partial charge in [0.15, 0.2) is 0 Å². The molecule has 3 aromatic carbocycles. The number of benzene rings is 3. The van der Waals surface area contributed by atoms with Gasteiger partial charge in [-0.25, -0.2) is 4.90 Å². The molecule has 0 spiro atoms. The van der Waals surface area contributed by atoms with Crippen LogP contribution in [0.4, 0.5) is 17.1 Å². The molecule has 0 fully saturated rings. The fourth-order valence-corrected chi connectivity index (χ4v) is 3.36. The van der Waals surface area contributed by atoms with E-state index in [1.807, 2.05) is 0 Å². The molecule has 1 N–H and O–H groups in total. The first-order chi connectivity index (χ1) is 14.3. The molecule has 3 amide bonds. The van der Waals surface area contributed by atoms with E-state index in [1.54, 1.807) is 24.3 Å². The topological polar surface area (TPSA) is 110 Å². The maximum absolute atomic E-state index is 12.9. The lowest BCUT2D eigenvalue weighted by Gasteiger charge is -2.13. The molecule has 8 nitrogen and oxygen atoms in total. The number of hydrogen-bond acceptors (Lipinski definition) is 5. The van der Waals surface area contributed by atoms with Crippen LogP contribution >= 0.6 is 15.9 Å². The van der Waals surface area contributed by atoms with E-state index in [2.05, 4.69) is 21.2 Å². The summed E-state index contributed by atoms with van der Waals surface area (Å²) >= 11 is 3.32. The van der Waals surface area contributed by atoms with Gasteiger partial charge in [-0.3, -0.25) is 24.5 Å². The molecule has 1 aliphatic heterocycles. The van der Waals surface area contributed by atoms with Gasteiger partial charge in [0.25, 0.3) is 23.4 Å². The number of nitro groups is 1. The van der Waals surface area contributed by atoms with Crippen LogP contribution in [-0.4, -0.2) is 22.6 Å². The summed E-state index contributed by atoms with van der Waals surface area (Å²) in [5.74, 6) is -1.68. The zero-order chi connectivity index (χ0) is 21.4. The van der Waals surface area contributed by atoms with Gasteiger partial charge in [-0.2, -0.15) is 0 Å². The van der Waals surface area contributed by atoms with Crippen molar-refractivity contribution in [3.8, 4) is 0 Å². The van der Waals surface area contributed by atoms with Crippen molar-refractivity contribution in [1.29, 1.82) is 0 Å². The Labute approximate surface area is 178 Å². The van der Waals surface area contributed by atoms with E-state index in [9.17, 15) is 24.5 Å². The van der Waals surface area contributed by atoms with Crippen molar-refractivity contribution in [2.75, 3.05) is 10.2 Å². The van der Waals surface area contributed by atoms with E-state index in [0.29, 0.717) is 5.69 Å². The van der Waals surface area contributed by atoms with E-state index in [0.717, 1.165) is 15.4 Å². The summed E-state index contributed by atoms with van der Waals surface area (Å²) in [5, 5.41) is 13.7. The van der Waals surface area contributed by atoms with Crippen molar-refractivity contribution in [2.24, 2.45) is 0 Å². The molecule has 0 radical (unpaired) electrons. The number of carbonyl (C=O) groups is 3. The average molecular weight is 466 g/mol. The van der Waals surface area contributed by atoms with Crippen LogP contribution < -0.4 is 10.2 Å². The van der Waals surface area contributed by atoms with Crippen LogP contribution in [-0.2, 0) is 0 Å². The average Bonchev–Trinajstić information content (AvgIpc) is 2.99. The molecular weight excluding hydrogens is 454 g/mol. The van der Waals surface area contributed by atoms with Crippen molar-refractivity contribution in [3.63, 3.8) is 0 Å². The number of rotatable bonds is 4. The van der Waals surface area contributed by atoms with Gasteiger partial charge in [-0.15, -0.1) is 0 Å². The van der Waals surface area contributed by atoms with Crippen LogP contribution in [0, 0.1) is 10.1 Å².